The summed E-state index contributed by atoms with van der Waals surface area (Å²) >= 11 is 0. The van der Waals surface area contributed by atoms with Crippen molar-refractivity contribution in [2.75, 3.05) is 12.3 Å². The number of amides is 1. The zero-order valence-electron chi connectivity index (χ0n) is 13.7. The van der Waals surface area contributed by atoms with E-state index < -0.39 is 9.84 Å². The second kappa shape index (κ2) is 7.85. The molecule has 0 aliphatic heterocycles. The van der Waals surface area contributed by atoms with Crippen molar-refractivity contribution in [2.24, 2.45) is 11.7 Å². The summed E-state index contributed by atoms with van der Waals surface area (Å²) in [6, 6.07) is 5.34. The van der Waals surface area contributed by atoms with Gasteiger partial charge in [0, 0.05) is 19.0 Å². The molecule has 1 aromatic carbocycles. The minimum absolute atomic E-state index is 0. The normalized spacial score (nSPS) is 17.7. The lowest BCUT2D eigenvalue weighted by Crippen LogP contribution is -2.39. The van der Waals surface area contributed by atoms with Gasteiger partial charge in [-0.05, 0) is 61.3 Å². The Bertz CT molecular complexity index is 702. The van der Waals surface area contributed by atoms with Crippen LogP contribution in [-0.2, 0) is 27.5 Å². The van der Waals surface area contributed by atoms with Crippen LogP contribution in [-0.4, -0.2) is 32.7 Å². The molecule has 1 atom stereocenters. The van der Waals surface area contributed by atoms with Crippen molar-refractivity contribution < 1.29 is 13.2 Å². The number of benzene rings is 1. The number of carbonyl (C=O) groups excluding carboxylic acids is 1. The first-order chi connectivity index (χ1) is 11.0. The van der Waals surface area contributed by atoms with Crippen LogP contribution >= 0.6 is 12.4 Å². The highest BCUT2D eigenvalue weighted by atomic mass is 35.5. The van der Waals surface area contributed by atoms with Crippen LogP contribution in [0.5, 0.6) is 0 Å². The summed E-state index contributed by atoms with van der Waals surface area (Å²) in [4.78, 5) is 12.2. The fourth-order valence-corrected chi connectivity index (χ4v) is 4.38. The maximum atomic E-state index is 12.4. The van der Waals surface area contributed by atoms with E-state index >= 15 is 0 Å². The number of carbonyl (C=O) groups is 1. The Balaban J connectivity index is 0.00000208. The lowest BCUT2D eigenvalue weighted by Gasteiger charge is -2.12. The van der Waals surface area contributed by atoms with Crippen LogP contribution in [0, 0.1) is 5.92 Å². The van der Waals surface area contributed by atoms with Gasteiger partial charge in [0.2, 0.25) is 5.91 Å². The zero-order chi connectivity index (χ0) is 16.4. The van der Waals surface area contributed by atoms with Gasteiger partial charge >= 0.3 is 0 Å². The van der Waals surface area contributed by atoms with Crippen LogP contribution in [0.2, 0.25) is 0 Å². The fourth-order valence-electron chi connectivity index (χ4n) is 3.10. The summed E-state index contributed by atoms with van der Waals surface area (Å²) in [6.45, 7) is 0.433. The molecule has 0 bridgehead atoms. The first-order valence-electron chi connectivity index (χ1n) is 8.32. The molecule has 3 rings (SSSR count). The van der Waals surface area contributed by atoms with E-state index in [2.05, 4.69) is 5.32 Å². The van der Waals surface area contributed by atoms with E-state index in [1.807, 2.05) is 6.07 Å². The second-order valence-corrected chi connectivity index (χ2v) is 8.77. The highest BCUT2D eigenvalue weighted by molar-refractivity contribution is 7.91. The summed E-state index contributed by atoms with van der Waals surface area (Å²) < 4.78 is 24.8. The number of hydrogen-bond donors (Lipinski definition) is 2. The molecule has 7 heteroatoms. The molecule has 134 valence electrons. The average molecular weight is 373 g/mol. The van der Waals surface area contributed by atoms with Gasteiger partial charge in [0.25, 0.3) is 0 Å². The summed E-state index contributed by atoms with van der Waals surface area (Å²) in [5.41, 5.74) is 8.30. The van der Waals surface area contributed by atoms with Gasteiger partial charge in [-0.3, -0.25) is 4.79 Å². The van der Waals surface area contributed by atoms with E-state index in [0.29, 0.717) is 17.4 Å². The average Bonchev–Trinajstić information content (AvgIpc) is 3.28. The smallest absolute Gasteiger partial charge is 0.221 e. The van der Waals surface area contributed by atoms with Crippen LogP contribution in [0.3, 0.4) is 0 Å². The van der Waals surface area contributed by atoms with Gasteiger partial charge in [0.1, 0.15) is 0 Å². The van der Waals surface area contributed by atoms with Gasteiger partial charge in [-0.1, -0.05) is 6.07 Å². The molecule has 2 aliphatic carbocycles. The Morgan fingerprint density at radius 3 is 2.67 bits per heavy atom. The van der Waals surface area contributed by atoms with Crippen LogP contribution in [0.4, 0.5) is 0 Å². The van der Waals surface area contributed by atoms with Crippen molar-refractivity contribution in [3.8, 4) is 0 Å². The molecule has 1 aromatic rings. The Morgan fingerprint density at radius 1 is 1.25 bits per heavy atom. The minimum atomic E-state index is -3.41. The number of aryl methyl sites for hydroxylation is 2. The number of halogens is 1. The Morgan fingerprint density at radius 2 is 1.96 bits per heavy atom. The van der Waals surface area contributed by atoms with Gasteiger partial charge < -0.3 is 11.1 Å². The van der Waals surface area contributed by atoms with Crippen LogP contribution in [0.25, 0.3) is 0 Å². The molecule has 0 aromatic heterocycles. The third-order valence-electron chi connectivity index (χ3n) is 4.79. The van der Waals surface area contributed by atoms with Gasteiger partial charge in [0.15, 0.2) is 9.84 Å². The molecule has 2 aliphatic rings. The highest BCUT2D eigenvalue weighted by Gasteiger charge is 2.28. The second-order valence-electron chi connectivity index (χ2n) is 6.66. The monoisotopic (exact) mass is 372 g/mol. The quantitative estimate of drug-likeness (QED) is 0.761. The fraction of sp³-hybridized carbons (Fsp3) is 0.588. The number of rotatable bonds is 7. The lowest BCUT2D eigenvalue weighted by molar-refractivity contribution is -0.120. The first kappa shape index (κ1) is 19.2. The van der Waals surface area contributed by atoms with Crippen molar-refractivity contribution in [3.05, 3.63) is 29.3 Å². The zero-order valence-corrected chi connectivity index (χ0v) is 15.3. The SMILES string of the molecule is Cl.NC(CNC(=O)CCS(=O)(=O)c1ccc2c(c1)CCC2)C1CC1. The number of nitrogens with two attached hydrogens (primary N) is 1. The van der Waals surface area contributed by atoms with Crippen LogP contribution < -0.4 is 11.1 Å². The molecule has 1 amide bonds. The molecule has 1 fully saturated rings. The molecule has 0 spiro atoms. The third kappa shape index (κ3) is 4.71. The van der Waals surface area contributed by atoms with E-state index in [0.717, 1.165) is 37.7 Å². The van der Waals surface area contributed by atoms with Crippen molar-refractivity contribution in [3.63, 3.8) is 0 Å². The Hall–Kier alpha value is -1.11. The molecule has 1 unspecified atom stereocenters. The number of nitrogens with one attached hydrogen (secondary N) is 1. The third-order valence-corrected chi connectivity index (χ3v) is 6.50. The van der Waals surface area contributed by atoms with Gasteiger partial charge in [-0.15, -0.1) is 12.4 Å². The van der Waals surface area contributed by atoms with E-state index in [1.54, 1.807) is 12.1 Å². The summed E-state index contributed by atoms with van der Waals surface area (Å²) in [6.07, 6.45) is 5.30. The van der Waals surface area contributed by atoms with Gasteiger partial charge in [-0.2, -0.15) is 0 Å². The van der Waals surface area contributed by atoms with Crippen molar-refractivity contribution in [1.29, 1.82) is 0 Å². The highest BCUT2D eigenvalue weighted by Crippen LogP contribution is 2.31. The van der Waals surface area contributed by atoms with Gasteiger partial charge in [0.05, 0.1) is 10.6 Å². The largest absolute Gasteiger partial charge is 0.355 e. The minimum Gasteiger partial charge on any atom is -0.355 e. The number of hydrogen-bond acceptors (Lipinski definition) is 4. The standard InChI is InChI=1S/C17H24N2O3S.ClH/c18-16(13-4-5-13)11-19-17(20)8-9-23(21,22)15-7-6-12-2-1-3-14(12)10-15;/h6-7,10,13,16H,1-5,8-9,11,18H2,(H,19,20);1H. The Labute approximate surface area is 149 Å². The summed E-state index contributed by atoms with van der Waals surface area (Å²) in [7, 11) is -3.41. The maximum absolute atomic E-state index is 12.4. The summed E-state index contributed by atoms with van der Waals surface area (Å²) in [5, 5.41) is 2.74. The summed E-state index contributed by atoms with van der Waals surface area (Å²) in [5.74, 6) is 0.118. The predicted molar refractivity (Wildman–Crippen MR) is 96.1 cm³/mol. The molecule has 0 heterocycles. The van der Waals surface area contributed by atoms with E-state index in [9.17, 15) is 13.2 Å². The predicted octanol–water partition coefficient (Wildman–Crippen LogP) is 1.61. The maximum Gasteiger partial charge on any atom is 0.221 e. The van der Waals surface area contributed by atoms with Crippen molar-refractivity contribution in [2.45, 2.75) is 49.5 Å². The van der Waals surface area contributed by atoms with E-state index in [4.69, 9.17) is 5.73 Å². The molecule has 24 heavy (non-hydrogen) atoms. The molecule has 3 N–H and O–H groups in total. The Kier molecular flexibility index (Phi) is 6.28. The molecule has 1 saturated carbocycles. The molecular formula is C17H25ClN2O3S. The van der Waals surface area contributed by atoms with Crippen molar-refractivity contribution >= 4 is 28.2 Å². The van der Waals surface area contributed by atoms with Gasteiger partial charge in [-0.25, -0.2) is 8.42 Å². The molecule has 5 nitrogen and oxygen atoms in total. The number of sulfone groups is 1. The molecule has 0 saturated heterocycles. The van der Waals surface area contributed by atoms with Crippen LogP contribution in [0.15, 0.2) is 23.1 Å². The first-order valence-corrected chi connectivity index (χ1v) is 9.98. The topological polar surface area (TPSA) is 89.3 Å². The van der Waals surface area contributed by atoms with E-state index in [1.165, 1.54) is 5.56 Å². The lowest BCUT2D eigenvalue weighted by atomic mass is 10.1. The van der Waals surface area contributed by atoms with Crippen LogP contribution in [0.1, 0.15) is 36.8 Å². The van der Waals surface area contributed by atoms with E-state index in [-0.39, 0.29) is 36.5 Å². The van der Waals surface area contributed by atoms with Crippen molar-refractivity contribution in [1.82, 2.24) is 5.32 Å². The molecular weight excluding hydrogens is 348 g/mol. The number of fused-ring (bicyclic) bond motifs is 1. The molecule has 0 radical (unpaired) electrons.